The van der Waals surface area contributed by atoms with Gasteiger partial charge in [0.15, 0.2) is 6.29 Å². The van der Waals surface area contributed by atoms with Crippen LogP contribution in [0.25, 0.3) is 0 Å². The summed E-state index contributed by atoms with van der Waals surface area (Å²) in [5, 5.41) is 33.7. The standard InChI is InChI=1S/C8H18O2.2C7H6O2/c1-7(2)5-3-4-6-8(9)10;2*8-7(9)6-4-2-1-3-5-6/h7-10H,3-6H2,1-2H3;2*1-5H,(H,8,9). The van der Waals surface area contributed by atoms with E-state index in [4.69, 9.17) is 20.4 Å². The number of aliphatic hydroxyl groups is 2. The SMILES string of the molecule is CC(C)CCCCC(O)O.O=C(O)c1ccccc1.O=C(O)c1ccccc1. The number of unbranched alkanes of at least 4 members (excludes halogenated alkanes) is 1. The first-order chi connectivity index (χ1) is 13.2. The molecule has 0 unspecified atom stereocenters. The highest BCUT2D eigenvalue weighted by Crippen LogP contribution is 2.08. The molecular weight excluding hydrogens is 360 g/mol. The number of rotatable bonds is 7. The predicted octanol–water partition coefficient (Wildman–Crippen LogP) is 4.28. The van der Waals surface area contributed by atoms with Crippen molar-refractivity contribution in [2.75, 3.05) is 0 Å². The van der Waals surface area contributed by atoms with Gasteiger partial charge in [0.05, 0.1) is 11.1 Å². The molecule has 2 aromatic carbocycles. The molecule has 0 aliphatic rings. The van der Waals surface area contributed by atoms with Crippen molar-refractivity contribution in [1.82, 2.24) is 0 Å². The molecule has 0 atom stereocenters. The molecule has 0 aromatic heterocycles. The van der Waals surface area contributed by atoms with Crippen LogP contribution < -0.4 is 0 Å². The van der Waals surface area contributed by atoms with E-state index in [1.54, 1.807) is 60.7 Å². The highest BCUT2D eigenvalue weighted by molar-refractivity contribution is 5.87. The summed E-state index contributed by atoms with van der Waals surface area (Å²) in [4.78, 5) is 20.4. The Balaban J connectivity index is 0.000000391. The molecule has 2 aromatic rings. The summed E-state index contributed by atoms with van der Waals surface area (Å²) in [6.07, 6.45) is 2.64. The number of carboxylic acids is 2. The molecule has 0 aliphatic heterocycles. The minimum Gasteiger partial charge on any atom is -0.478 e. The lowest BCUT2D eigenvalue weighted by atomic mass is 10.1. The molecule has 0 bridgehead atoms. The molecule has 6 heteroatoms. The fourth-order valence-corrected chi connectivity index (χ4v) is 2.04. The van der Waals surface area contributed by atoms with Gasteiger partial charge in [-0.2, -0.15) is 0 Å². The molecule has 6 nitrogen and oxygen atoms in total. The Morgan fingerprint density at radius 1 is 0.714 bits per heavy atom. The van der Waals surface area contributed by atoms with Crippen LogP contribution in [0.3, 0.4) is 0 Å². The van der Waals surface area contributed by atoms with Crippen molar-refractivity contribution in [2.45, 2.75) is 45.8 Å². The van der Waals surface area contributed by atoms with Gasteiger partial charge in [-0.3, -0.25) is 0 Å². The number of carbonyl (C=O) groups is 2. The maximum atomic E-state index is 10.2. The number of hydrogen-bond donors (Lipinski definition) is 4. The first-order valence-corrected chi connectivity index (χ1v) is 9.16. The van der Waals surface area contributed by atoms with Crippen LogP contribution in [-0.4, -0.2) is 38.7 Å². The molecule has 0 amide bonds. The molecule has 28 heavy (non-hydrogen) atoms. The van der Waals surface area contributed by atoms with E-state index in [2.05, 4.69) is 13.8 Å². The molecular formula is C22H30O6. The zero-order chi connectivity index (χ0) is 21.4. The van der Waals surface area contributed by atoms with E-state index < -0.39 is 18.2 Å². The van der Waals surface area contributed by atoms with Gasteiger partial charge in [-0.05, 0) is 43.0 Å². The fraction of sp³-hybridized carbons (Fsp3) is 0.364. The maximum Gasteiger partial charge on any atom is 0.335 e. The van der Waals surface area contributed by atoms with E-state index in [9.17, 15) is 9.59 Å². The molecule has 154 valence electrons. The topological polar surface area (TPSA) is 115 Å². The lowest BCUT2D eigenvalue weighted by Gasteiger charge is -2.04. The van der Waals surface area contributed by atoms with Gasteiger partial charge in [0.25, 0.3) is 0 Å². The molecule has 0 spiro atoms. The summed E-state index contributed by atoms with van der Waals surface area (Å²) in [6.45, 7) is 4.35. The van der Waals surface area contributed by atoms with E-state index in [-0.39, 0.29) is 0 Å². The zero-order valence-corrected chi connectivity index (χ0v) is 16.4. The summed E-state index contributed by atoms with van der Waals surface area (Å²) in [5.41, 5.74) is 0.662. The van der Waals surface area contributed by atoms with Crippen LogP contribution in [0.2, 0.25) is 0 Å². The monoisotopic (exact) mass is 390 g/mol. The number of aromatic carboxylic acids is 2. The Kier molecular flexibility index (Phi) is 13.9. The van der Waals surface area contributed by atoms with Crippen LogP contribution in [0.15, 0.2) is 60.7 Å². The highest BCUT2D eigenvalue weighted by Gasteiger charge is 1.98. The Morgan fingerprint density at radius 2 is 1.07 bits per heavy atom. The fourth-order valence-electron chi connectivity index (χ4n) is 2.04. The average Bonchev–Trinajstić information content (AvgIpc) is 2.67. The smallest absolute Gasteiger partial charge is 0.335 e. The van der Waals surface area contributed by atoms with Gasteiger partial charge in [0.2, 0.25) is 0 Å². The van der Waals surface area contributed by atoms with Crippen LogP contribution in [0.5, 0.6) is 0 Å². The van der Waals surface area contributed by atoms with Gasteiger partial charge in [-0.25, -0.2) is 9.59 Å². The lowest BCUT2D eigenvalue weighted by molar-refractivity contribution is -0.0467. The minimum absolute atomic E-state index is 0.331. The normalized spacial score (nSPS) is 9.79. The molecule has 0 saturated carbocycles. The predicted molar refractivity (Wildman–Crippen MR) is 108 cm³/mol. The number of hydrogen-bond acceptors (Lipinski definition) is 4. The van der Waals surface area contributed by atoms with Gasteiger partial charge >= 0.3 is 11.9 Å². The second kappa shape index (κ2) is 15.4. The Hall–Kier alpha value is -2.70. The van der Waals surface area contributed by atoms with Crippen molar-refractivity contribution in [3.63, 3.8) is 0 Å². The quantitative estimate of drug-likeness (QED) is 0.414. The summed E-state index contributed by atoms with van der Waals surface area (Å²) in [5.74, 6) is -1.03. The first-order valence-electron chi connectivity index (χ1n) is 9.16. The van der Waals surface area contributed by atoms with E-state index in [0.717, 1.165) is 18.8 Å². The van der Waals surface area contributed by atoms with Crippen molar-refractivity contribution in [3.05, 3.63) is 71.8 Å². The Morgan fingerprint density at radius 3 is 1.32 bits per heavy atom. The molecule has 4 N–H and O–H groups in total. The Labute approximate surface area is 166 Å². The van der Waals surface area contributed by atoms with E-state index in [0.29, 0.717) is 17.5 Å². The van der Waals surface area contributed by atoms with Crippen LogP contribution >= 0.6 is 0 Å². The number of aliphatic hydroxyl groups excluding tert-OH is 1. The van der Waals surface area contributed by atoms with Gasteiger partial charge in [-0.15, -0.1) is 0 Å². The Bertz CT molecular complexity index is 594. The third-order valence-electron chi connectivity index (χ3n) is 3.54. The van der Waals surface area contributed by atoms with Gasteiger partial charge in [-0.1, -0.05) is 63.1 Å². The van der Waals surface area contributed by atoms with Crippen LogP contribution in [0.4, 0.5) is 0 Å². The van der Waals surface area contributed by atoms with Crippen molar-refractivity contribution < 1.29 is 30.0 Å². The molecule has 0 fully saturated rings. The van der Waals surface area contributed by atoms with Crippen molar-refractivity contribution in [3.8, 4) is 0 Å². The van der Waals surface area contributed by atoms with Gasteiger partial charge < -0.3 is 20.4 Å². The zero-order valence-electron chi connectivity index (χ0n) is 16.4. The van der Waals surface area contributed by atoms with Gasteiger partial charge in [0.1, 0.15) is 0 Å². The molecule has 2 rings (SSSR count). The lowest BCUT2D eigenvalue weighted by Crippen LogP contribution is -2.03. The molecule has 0 aliphatic carbocycles. The van der Waals surface area contributed by atoms with Crippen LogP contribution in [0.1, 0.15) is 60.2 Å². The summed E-state index contributed by atoms with van der Waals surface area (Å²) < 4.78 is 0. The summed E-state index contributed by atoms with van der Waals surface area (Å²) in [6, 6.07) is 16.6. The van der Waals surface area contributed by atoms with Gasteiger partial charge in [0, 0.05) is 0 Å². The average molecular weight is 390 g/mol. The first kappa shape index (κ1) is 25.3. The van der Waals surface area contributed by atoms with E-state index >= 15 is 0 Å². The summed E-state index contributed by atoms with van der Waals surface area (Å²) >= 11 is 0. The molecule has 0 radical (unpaired) electrons. The molecule has 0 saturated heterocycles. The van der Waals surface area contributed by atoms with Crippen LogP contribution in [0, 0.1) is 5.92 Å². The van der Waals surface area contributed by atoms with Crippen molar-refractivity contribution >= 4 is 11.9 Å². The second-order valence-corrected chi connectivity index (χ2v) is 6.50. The van der Waals surface area contributed by atoms with Crippen molar-refractivity contribution in [1.29, 1.82) is 0 Å². The maximum absolute atomic E-state index is 10.2. The minimum atomic E-state index is -1.10. The molecule has 0 heterocycles. The highest BCUT2D eigenvalue weighted by atomic mass is 16.5. The summed E-state index contributed by atoms with van der Waals surface area (Å²) in [7, 11) is 0. The van der Waals surface area contributed by atoms with Crippen molar-refractivity contribution in [2.24, 2.45) is 5.92 Å². The van der Waals surface area contributed by atoms with E-state index in [1.807, 2.05) is 0 Å². The number of carboxylic acid groups (broad SMARTS) is 2. The third-order valence-corrected chi connectivity index (χ3v) is 3.54. The van der Waals surface area contributed by atoms with E-state index in [1.165, 1.54) is 6.42 Å². The van der Waals surface area contributed by atoms with Crippen LogP contribution in [-0.2, 0) is 0 Å². The number of benzene rings is 2. The third kappa shape index (κ3) is 14.5. The second-order valence-electron chi connectivity index (χ2n) is 6.50. The largest absolute Gasteiger partial charge is 0.478 e.